The van der Waals surface area contributed by atoms with E-state index in [9.17, 15) is 4.79 Å². The molecule has 0 amide bonds. The molecule has 1 fully saturated rings. The molecule has 100 valence electrons. The fourth-order valence-corrected chi connectivity index (χ4v) is 3.08. The maximum absolute atomic E-state index is 11.6. The molecule has 1 aliphatic carbocycles. The van der Waals surface area contributed by atoms with Crippen LogP contribution in [0.1, 0.15) is 18.9 Å². The number of hydrogen-bond donors (Lipinski definition) is 0. The van der Waals surface area contributed by atoms with Crippen LogP contribution in [0.2, 0.25) is 0 Å². The third-order valence-corrected chi connectivity index (χ3v) is 4.50. The van der Waals surface area contributed by atoms with Gasteiger partial charge in [-0.25, -0.2) is 0 Å². The van der Waals surface area contributed by atoms with E-state index >= 15 is 0 Å². The minimum absolute atomic E-state index is 0.267. The summed E-state index contributed by atoms with van der Waals surface area (Å²) in [5.41, 5.74) is 2.56. The molecule has 1 aromatic rings. The molecular weight excluding hydrogens is 286 g/mol. The Kier molecular flexibility index (Phi) is 4.22. The van der Waals surface area contributed by atoms with Crippen molar-refractivity contribution in [2.75, 3.05) is 0 Å². The summed E-state index contributed by atoms with van der Waals surface area (Å²) in [5, 5.41) is 5.41. The zero-order chi connectivity index (χ0) is 14.8. The monoisotopic (exact) mass is 299 g/mol. The van der Waals surface area contributed by atoms with Gasteiger partial charge >= 0.3 is 0 Å². The average Bonchev–Trinajstić information content (AvgIpc) is 2.50. The van der Waals surface area contributed by atoms with Crippen LogP contribution in [0, 0.1) is 5.92 Å². The van der Waals surface area contributed by atoms with Crippen molar-refractivity contribution >= 4 is 40.8 Å². The topological polar surface area (TPSA) is 30.0 Å². The molecule has 0 saturated heterocycles. The van der Waals surface area contributed by atoms with Crippen molar-refractivity contribution in [3.8, 4) is 0 Å². The highest BCUT2D eigenvalue weighted by atomic mass is 32.1. The van der Waals surface area contributed by atoms with Crippen molar-refractivity contribution in [3.05, 3.63) is 53.4 Å². The number of aromatic nitrogens is 1. The quantitative estimate of drug-likeness (QED) is 0.620. The second-order valence-electron chi connectivity index (χ2n) is 4.93. The molecule has 0 radical (unpaired) electrons. The maximum Gasteiger partial charge on any atom is 0.124 e. The molecule has 20 heavy (non-hydrogen) atoms. The van der Waals surface area contributed by atoms with Gasteiger partial charge in [0.1, 0.15) is 6.29 Å². The van der Waals surface area contributed by atoms with Gasteiger partial charge in [-0.15, -0.1) is 0 Å². The average molecular weight is 299 g/mol. The van der Waals surface area contributed by atoms with Gasteiger partial charge in [0, 0.05) is 34.9 Å². The Morgan fingerprint density at radius 3 is 2.75 bits per heavy atom. The van der Waals surface area contributed by atoms with E-state index in [2.05, 4.69) is 21.6 Å². The Balaban J connectivity index is 2.67. The molecule has 4 heteroatoms. The first-order chi connectivity index (χ1) is 9.59. The molecule has 0 N–H and O–H groups in total. The lowest BCUT2D eigenvalue weighted by atomic mass is 9.60. The van der Waals surface area contributed by atoms with Gasteiger partial charge in [0.15, 0.2) is 0 Å². The lowest BCUT2D eigenvalue weighted by Crippen LogP contribution is -2.40. The standard InChI is InChI=1S/C16H13NOS2/c1-11-15(10-20)12(9-19)6-14(8-18)16(11,2)13-4-3-5-17-7-13/h3-5,7-8,14H,1,6H2,2H3. The molecule has 2 rings (SSSR count). The summed E-state index contributed by atoms with van der Waals surface area (Å²) in [4.78, 5) is 15.7. The van der Waals surface area contributed by atoms with Crippen LogP contribution < -0.4 is 0 Å². The highest BCUT2D eigenvalue weighted by molar-refractivity contribution is 7.78. The van der Waals surface area contributed by atoms with E-state index in [1.54, 1.807) is 12.4 Å². The first-order valence-electron chi connectivity index (χ1n) is 6.14. The van der Waals surface area contributed by atoms with Crippen molar-refractivity contribution in [1.82, 2.24) is 4.98 Å². The number of allylic oxidation sites excluding steroid dienone is 3. The van der Waals surface area contributed by atoms with E-state index in [0.717, 1.165) is 23.0 Å². The van der Waals surface area contributed by atoms with Gasteiger partial charge in [0.05, 0.1) is 0 Å². The number of pyridine rings is 1. The molecule has 1 aliphatic rings. The number of nitrogens with zero attached hydrogens (tertiary/aromatic N) is 1. The van der Waals surface area contributed by atoms with Crippen LogP contribution in [0.4, 0.5) is 0 Å². The van der Waals surface area contributed by atoms with Gasteiger partial charge in [0.25, 0.3) is 0 Å². The summed E-state index contributed by atoms with van der Waals surface area (Å²) < 4.78 is 0. The number of carbonyl (C=O) groups excluding carboxylic acids is 1. The van der Waals surface area contributed by atoms with Crippen molar-refractivity contribution < 1.29 is 4.79 Å². The summed E-state index contributed by atoms with van der Waals surface area (Å²) in [5.74, 6) is -0.267. The van der Waals surface area contributed by atoms with Crippen LogP contribution in [0.25, 0.3) is 0 Å². The van der Waals surface area contributed by atoms with E-state index in [4.69, 9.17) is 24.4 Å². The van der Waals surface area contributed by atoms with Crippen LogP contribution in [0.15, 0.2) is 47.8 Å². The largest absolute Gasteiger partial charge is 0.303 e. The summed E-state index contributed by atoms with van der Waals surface area (Å²) in [6.45, 7) is 6.12. The van der Waals surface area contributed by atoms with E-state index < -0.39 is 5.41 Å². The fourth-order valence-electron chi connectivity index (χ4n) is 2.65. The van der Waals surface area contributed by atoms with E-state index in [1.165, 1.54) is 0 Å². The van der Waals surface area contributed by atoms with Crippen LogP contribution in [0.3, 0.4) is 0 Å². The second-order valence-corrected chi connectivity index (χ2v) is 5.34. The summed E-state index contributed by atoms with van der Waals surface area (Å²) in [6, 6.07) is 3.79. The fraction of sp³-hybridized carbons (Fsp3) is 0.250. The second kappa shape index (κ2) is 5.74. The van der Waals surface area contributed by atoms with Crippen LogP contribution in [-0.4, -0.2) is 21.3 Å². The zero-order valence-electron chi connectivity index (χ0n) is 11.1. The number of hydrogen-bond acceptors (Lipinski definition) is 4. The van der Waals surface area contributed by atoms with Gasteiger partial charge in [-0.2, -0.15) is 0 Å². The maximum atomic E-state index is 11.6. The molecule has 0 spiro atoms. The minimum Gasteiger partial charge on any atom is -0.303 e. The Morgan fingerprint density at radius 2 is 2.25 bits per heavy atom. The zero-order valence-corrected chi connectivity index (χ0v) is 12.7. The predicted octanol–water partition coefficient (Wildman–Crippen LogP) is 3.16. The minimum atomic E-state index is -0.549. The molecule has 1 saturated carbocycles. The first-order valence-corrected chi connectivity index (χ1v) is 6.96. The molecule has 0 aromatic carbocycles. The third-order valence-electron chi connectivity index (χ3n) is 4.05. The van der Waals surface area contributed by atoms with Crippen LogP contribution in [-0.2, 0) is 10.2 Å². The lowest BCUT2D eigenvalue weighted by molar-refractivity contribution is -0.112. The Labute approximate surface area is 128 Å². The Bertz CT molecular complexity index is 667. The summed E-state index contributed by atoms with van der Waals surface area (Å²) in [7, 11) is 0. The number of rotatable bonds is 2. The molecule has 0 aliphatic heterocycles. The van der Waals surface area contributed by atoms with Crippen molar-refractivity contribution in [2.45, 2.75) is 18.8 Å². The van der Waals surface area contributed by atoms with Gasteiger partial charge in [-0.3, -0.25) is 4.98 Å². The summed E-state index contributed by atoms with van der Waals surface area (Å²) >= 11 is 9.86. The normalized spacial score (nSPS) is 25.9. The van der Waals surface area contributed by atoms with E-state index in [0.29, 0.717) is 12.0 Å². The van der Waals surface area contributed by atoms with Gasteiger partial charge in [0.2, 0.25) is 0 Å². The number of thiocarbonyl (C=S) groups is 2. The smallest absolute Gasteiger partial charge is 0.124 e. The first kappa shape index (κ1) is 14.7. The molecule has 1 aromatic heterocycles. The highest BCUT2D eigenvalue weighted by Gasteiger charge is 2.45. The third kappa shape index (κ3) is 2.13. The number of carbonyl (C=O) groups is 1. The molecule has 1 heterocycles. The van der Waals surface area contributed by atoms with Gasteiger partial charge in [-0.05, 0) is 58.1 Å². The van der Waals surface area contributed by atoms with E-state index in [-0.39, 0.29) is 5.92 Å². The SMILES string of the molecule is C=C1C(=C=S)C(=C=S)CC(C=O)C1(C)c1cccnc1. The van der Waals surface area contributed by atoms with E-state index in [1.807, 2.05) is 19.1 Å². The van der Waals surface area contributed by atoms with Crippen molar-refractivity contribution in [2.24, 2.45) is 5.92 Å². The Hall–Kier alpha value is -1.70. The summed E-state index contributed by atoms with van der Waals surface area (Å²) in [6.07, 6.45) is 4.91. The molecule has 2 unspecified atom stereocenters. The van der Waals surface area contributed by atoms with Crippen molar-refractivity contribution in [1.29, 1.82) is 0 Å². The van der Waals surface area contributed by atoms with Crippen LogP contribution in [0.5, 0.6) is 0 Å². The number of aldehydes is 1. The van der Waals surface area contributed by atoms with Gasteiger partial charge < -0.3 is 4.79 Å². The van der Waals surface area contributed by atoms with Crippen molar-refractivity contribution in [3.63, 3.8) is 0 Å². The van der Waals surface area contributed by atoms with Gasteiger partial charge in [-0.1, -0.05) is 19.6 Å². The lowest BCUT2D eigenvalue weighted by Gasteiger charge is -2.41. The van der Waals surface area contributed by atoms with Crippen LogP contribution >= 0.6 is 24.4 Å². The molecule has 0 bridgehead atoms. The predicted molar refractivity (Wildman–Crippen MR) is 87.1 cm³/mol. The Morgan fingerprint density at radius 1 is 1.50 bits per heavy atom. The highest BCUT2D eigenvalue weighted by Crippen LogP contribution is 2.48. The molecular formula is C16H13NOS2. The molecule has 2 atom stereocenters. The molecule has 2 nitrogen and oxygen atoms in total.